The van der Waals surface area contributed by atoms with Gasteiger partial charge in [-0.25, -0.2) is 5.43 Å². The van der Waals surface area contributed by atoms with Crippen molar-refractivity contribution >= 4 is 23.0 Å². The van der Waals surface area contributed by atoms with Gasteiger partial charge in [0.15, 0.2) is 6.29 Å². The van der Waals surface area contributed by atoms with Gasteiger partial charge in [-0.2, -0.15) is 0 Å². The van der Waals surface area contributed by atoms with Crippen molar-refractivity contribution in [3.8, 4) is 0 Å². The van der Waals surface area contributed by atoms with Crippen molar-refractivity contribution in [1.29, 1.82) is 0 Å². The lowest BCUT2D eigenvalue weighted by atomic mass is 10.2. The van der Waals surface area contributed by atoms with Crippen LogP contribution in [0.2, 0.25) is 5.02 Å². The third kappa shape index (κ3) is 1.77. The average Bonchev–Trinajstić information content (AvgIpc) is 2.16. The first-order valence-corrected chi connectivity index (χ1v) is 4.78. The summed E-state index contributed by atoms with van der Waals surface area (Å²) in [7, 11) is 3.99. The third-order valence-electron chi connectivity index (χ3n) is 2.13. The Morgan fingerprint density at radius 2 is 2.07 bits per heavy atom. The van der Waals surface area contributed by atoms with Gasteiger partial charge in [0.2, 0.25) is 0 Å². The molecule has 0 radical (unpaired) electrons. The highest BCUT2D eigenvalue weighted by atomic mass is 35.5. The fraction of sp³-hybridized carbons (Fsp3) is 0.333. The van der Waals surface area contributed by atoms with E-state index in [1.54, 1.807) is 0 Å². The molecule has 1 aliphatic heterocycles. The average molecular weight is 213 g/mol. The second-order valence-electron chi connectivity index (χ2n) is 3.47. The maximum Gasteiger partial charge on any atom is 0.151 e. The highest BCUT2D eigenvalue weighted by Gasteiger charge is 2.17. The molecule has 2 rings (SSSR count). The van der Waals surface area contributed by atoms with Crippen LogP contribution in [0.4, 0.5) is 11.4 Å². The summed E-state index contributed by atoms with van der Waals surface area (Å²) in [5.41, 5.74) is 8.22. The summed E-state index contributed by atoms with van der Waals surface area (Å²) in [6.45, 7) is 0. The van der Waals surface area contributed by atoms with Gasteiger partial charge in [0.25, 0.3) is 0 Å². The van der Waals surface area contributed by atoms with Gasteiger partial charge in [0.1, 0.15) is 0 Å². The van der Waals surface area contributed by atoms with Gasteiger partial charge in [-0.05, 0) is 32.3 Å². The quantitative estimate of drug-likeness (QED) is 0.660. The van der Waals surface area contributed by atoms with E-state index in [1.165, 1.54) is 0 Å². The Hall–Kier alpha value is -0.970. The molecule has 0 amide bonds. The van der Waals surface area contributed by atoms with E-state index in [4.69, 9.17) is 11.6 Å². The third-order valence-corrected chi connectivity index (χ3v) is 2.37. The molecule has 1 atom stereocenters. The van der Waals surface area contributed by atoms with E-state index < -0.39 is 0 Å². The molecule has 1 aromatic carbocycles. The van der Waals surface area contributed by atoms with E-state index in [9.17, 15) is 0 Å². The lowest BCUT2D eigenvalue weighted by molar-refractivity contribution is 0.284. The van der Waals surface area contributed by atoms with Crippen LogP contribution in [-0.2, 0) is 0 Å². The number of benzene rings is 1. The maximum atomic E-state index is 5.87. The molecule has 0 spiro atoms. The van der Waals surface area contributed by atoms with Crippen LogP contribution in [0.25, 0.3) is 0 Å². The Bertz CT molecular complexity index is 340. The molecule has 0 aromatic heterocycles. The number of hydrazine groups is 1. The van der Waals surface area contributed by atoms with Crippen molar-refractivity contribution < 1.29 is 0 Å². The molecule has 0 aliphatic carbocycles. The van der Waals surface area contributed by atoms with Gasteiger partial charge >= 0.3 is 0 Å². The van der Waals surface area contributed by atoms with Gasteiger partial charge in [0.05, 0.1) is 11.4 Å². The Morgan fingerprint density at radius 1 is 1.29 bits per heavy atom. The minimum atomic E-state index is 0.0867. The summed E-state index contributed by atoms with van der Waals surface area (Å²) in [4.78, 5) is 2.03. The van der Waals surface area contributed by atoms with Crippen LogP contribution >= 0.6 is 11.6 Å². The summed E-state index contributed by atoms with van der Waals surface area (Å²) in [6, 6.07) is 5.71. The molecule has 3 N–H and O–H groups in total. The highest BCUT2D eigenvalue weighted by Crippen LogP contribution is 2.27. The van der Waals surface area contributed by atoms with Crippen LogP contribution in [0.5, 0.6) is 0 Å². The van der Waals surface area contributed by atoms with E-state index >= 15 is 0 Å². The van der Waals surface area contributed by atoms with Crippen molar-refractivity contribution in [3.05, 3.63) is 23.2 Å². The lowest BCUT2D eigenvalue weighted by Gasteiger charge is -2.33. The Labute approximate surface area is 88.2 Å². The monoisotopic (exact) mass is 212 g/mol. The van der Waals surface area contributed by atoms with Crippen molar-refractivity contribution in [1.82, 2.24) is 10.3 Å². The largest absolute Gasteiger partial charge is 0.354 e. The fourth-order valence-electron chi connectivity index (χ4n) is 1.33. The van der Waals surface area contributed by atoms with E-state index in [0.717, 1.165) is 16.4 Å². The molecule has 0 bridgehead atoms. The number of rotatable bonds is 1. The molecule has 0 saturated carbocycles. The minimum absolute atomic E-state index is 0.0867. The predicted molar refractivity (Wildman–Crippen MR) is 59.3 cm³/mol. The van der Waals surface area contributed by atoms with Crippen molar-refractivity contribution in [3.63, 3.8) is 0 Å². The SMILES string of the molecule is CN(C)C1NNc2cc(Cl)ccc2N1. The van der Waals surface area contributed by atoms with Crippen molar-refractivity contribution in [2.24, 2.45) is 0 Å². The number of hydrogen-bond acceptors (Lipinski definition) is 4. The molecular formula is C9H13ClN4. The van der Waals surface area contributed by atoms with Gasteiger partial charge in [-0.3, -0.25) is 4.90 Å². The topological polar surface area (TPSA) is 39.3 Å². The normalized spacial score (nSPS) is 19.9. The molecule has 0 fully saturated rings. The Balaban J connectivity index is 2.23. The second-order valence-corrected chi connectivity index (χ2v) is 3.91. The molecular weight excluding hydrogens is 200 g/mol. The summed E-state index contributed by atoms with van der Waals surface area (Å²) >= 11 is 5.87. The minimum Gasteiger partial charge on any atom is -0.354 e. The van der Waals surface area contributed by atoms with Crippen LogP contribution in [0.1, 0.15) is 0 Å². The second kappa shape index (κ2) is 3.65. The fourth-order valence-corrected chi connectivity index (χ4v) is 1.51. The van der Waals surface area contributed by atoms with Gasteiger partial charge < -0.3 is 10.7 Å². The highest BCUT2D eigenvalue weighted by molar-refractivity contribution is 6.31. The number of fused-ring (bicyclic) bond motifs is 1. The summed E-state index contributed by atoms with van der Waals surface area (Å²) < 4.78 is 0. The molecule has 1 unspecified atom stereocenters. The molecule has 1 heterocycles. The number of hydrogen-bond donors (Lipinski definition) is 3. The first kappa shape index (κ1) is 9.58. The first-order valence-electron chi connectivity index (χ1n) is 4.41. The zero-order valence-electron chi connectivity index (χ0n) is 8.13. The van der Waals surface area contributed by atoms with E-state index in [-0.39, 0.29) is 6.29 Å². The zero-order chi connectivity index (χ0) is 10.1. The Kier molecular flexibility index (Phi) is 2.50. The maximum absolute atomic E-state index is 5.87. The molecule has 5 heteroatoms. The summed E-state index contributed by atoms with van der Waals surface area (Å²) in [5, 5.41) is 4.04. The molecule has 76 valence electrons. The number of nitrogens with one attached hydrogen (secondary N) is 3. The van der Waals surface area contributed by atoms with Crippen LogP contribution in [-0.4, -0.2) is 25.3 Å². The van der Waals surface area contributed by atoms with Crippen LogP contribution in [0.15, 0.2) is 18.2 Å². The Morgan fingerprint density at radius 3 is 2.79 bits per heavy atom. The number of halogens is 1. The van der Waals surface area contributed by atoms with Gasteiger partial charge in [-0.15, -0.1) is 0 Å². The summed E-state index contributed by atoms with van der Waals surface area (Å²) in [5.74, 6) is 0. The molecule has 14 heavy (non-hydrogen) atoms. The standard InChI is InChI=1S/C9H13ClN4/c1-14(2)9-11-7-4-3-6(10)5-8(7)12-13-9/h3-5,9,11-13H,1-2H3. The smallest absolute Gasteiger partial charge is 0.151 e. The van der Waals surface area contributed by atoms with Crippen LogP contribution in [0, 0.1) is 0 Å². The van der Waals surface area contributed by atoms with Crippen molar-refractivity contribution in [2.45, 2.75) is 6.29 Å². The molecule has 4 nitrogen and oxygen atoms in total. The number of anilines is 2. The van der Waals surface area contributed by atoms with Crippen LogP contribution < -0.4 is 16.2 Å². The molecule has 0 saturated heterocycles. The van der Waals surface area contributed by atoms with Crippen LogP contribution in [0.3, 0.4) is 0 Å². The lowest BCUT2D eigenvalue weighted by Crippen LogP contribution is -2.52. The first-order chi connectivity index (χ1) is 6.66. The summed E-state index contributed by atoms with van der Waals surface area (Å²) in [6.07, 6.45) is 0.0867. The predicted octanol–water partition coefficient (Wildman–Crippen LogP) is 1.53. The van der Waals surface area contributed by atoms with E-state index in [2.05, 4.69) is 16.2 Å². The molecule has 1 aliphatic rings. The van der Waals surface area contributed by atoms with E-state index in [1.807, 2.05) is 37.2 Å². The van der Waals surface area contributed by atoms with Gasteiger partial charge in [-0.1, -0.05) is 11.6 Å². The van der Waals surface area contributed by atoms with E-state index in [0.29, 0.717) is 0 Å². The molecule has 1 aromatic rings. The van der Waals surface area contributed by atoms with Crippen molar-refractivity contribution in [2.75, 3.05) is 24.8 Å². The van der Waals surface area contributed by atoms with Gasteiger partial charge in [0, 0.05) is 5.02 Å². The number of nitrogens with zero attached hydrogens (tertiary/aromatic N) is 1. The zero-order valence-corrected chi connectivity index (χ0v) is 8.89.